The monoisotopic (exact) mass is 395 g/mol. The van der Waals surface area contributed by atoms with Crippen LogP contribution in [0.25, 0.3) is 0 Å². The number of nitrogens with one attached hydrogen (secondary N) is 2. The molecule has 1 aromatic carbocycles. The van der Waals surface area contributed by atoms with Crippen molar-refractivity contribution in [1.29, 1.82) is 0 Å². The number of carbonyl (C=O) groups excluding carboxylic acids is 3. The Morgan fingerprint density at radius 1 is 0.857 bits per heavy atom. The Hall–Kier alpha value is -2.65. The van der Waals surface area contributed by atoms with E-state index in [0.717, 1.165) is 5.56 Å². The van der Waals surface area contributed by atoms with Gasteiger partial charge in [-0.1, -0.05) is 12.1 Å². The van der Waals surface area contributed by atoms with Crippen molar-refractivity contribution in [2.24, 2.45) is 5.73 Å². The molecule has 9 nitrogen and oxygen atoms in total. The summed E-state index contributed by atoms with van der Waals surface area (Å²) in [5.41, 5.74) is 5.90. The Morgan fingerprint density at radius 3 is 1.89 bits per heavy atom. The molecule has 0 heterocycles. The Morgan fingerprint density at radius 2 is 1.36 bits per heavy atom. The molecule has 0 aliphatic rings. The summed E-state index contributed by atoms with van der Waals surface area (Å²) in [6, 6.07) is 6.58. The summed E-state index contributed by atoms with van der Waals surface area (Å²) >= 11 is 0. The minimum atomic E-state index is -0.858. The smallest absolute Gasteiger partial charge is 0.220 e. The van der Waals surface area contributed by atoms with E-state index in [1.165, 1.54) is 0 Å². The topological polar surface area (TPSA) is 162 Å². The Bertz CT molecular complexity index is 635. The molecule has 0 radical (unpaired) electrons. The average molecular weight is 395 g/mol. The molecule has 0 spiro atoms. The van der Waals surface area contributed by atoms with E-state index in [1.807, 2.05) is 0 Å². The molecule has 0 saturated carbocycles. The molecule has 1 rings (SSSR count). The summed E-state index contributed by atoms with van der Waals surface area (Å²) < 4.78 is 0. The number of aliphatic hydroxyl groups is 2. The van der Waals surface area contributed by atoms with Crippen molar-refractivity contribution >= 4 is 17.7 Å². The summed E-state index contributed by atoms with van der Waals surface area (Å²) in [6.45, 7) is 0.0547. The van der Waals surface area contributed by atoms with Crippen molar-refractivity contribution in [2.45, 2.75) is 50.7 Å². The number of phenols is 1. The highest BCUT2D eigenvalue weighted by molar-refractivity contribution is 5.76. The van der Waals surface area contributed by atoms with Gasteiger partial charge in [-0.25, -0.2) is 0 Å². The fourth-order valence-electron chi connectivity index (χ4n) is 2.37. The lowest BCUT2D eigenvalue weighted by Crippen LogP contribution is -2.35. The molecule has 0 bridgehead atoms. The van der Waals surface area contributed by atoms with Crippen LogP contribution in [0.3, 0.4) is 0 Å². The number of aryl methyl sites for hydroxylation is 1. The maximum absolute atomic E-state index is 11.8. The first-order chi connectivity index (χ1) is 13.3. The van der Waals surface area contributed by atoms with Gasteiger partial charge in [-0.05, 0) is 37.0 Å². The molecule has 2 unspecified atom stereocenters. The Kier molecular flexibility index (Phi) is 10.6. The second kappa shape index (κ2) is 12.7. The molecule has 0 aromatic heterocycles. The number of aromatic hydroxyl groups is 1. The first kappa shape index (κ1) is 23.4. The average Bonchev–Trinajstić information content (AvgIpc) is 2.66. The third-order valence-corrected chi connectivity index (χ3v) is 4.08. The van der Waals surface area contributed by atoms with E-state index in [-0.39, 0.29) is 62.8 Å². The Labute approximate surface area is 163 Å². The van der Waals surface area contributed by atoms with Gasteiger partial charge in [0.15, 0.2) is 0 Å². The van der Waals surface area contributed by atoms with E-state index in [0.29, 0.717) is 6.42 Å². The minimum absolute atomic E-state index is 0.0101. The number of phenolic OH excluding ortho intramolecular Hbond substituents is 1. The van der Waals surface area contributed by atoms with Gasteiger partial charge < -0.3 is 31.7 Å². The van der Waals surface area contributed by atoms with Crippen molar-refractivity contribution in [3.05, 3.63) is 29.8 Å². The van der Waals surface area contributed by atoms with Crippen molar-refractivity contribution < 1.29 is 29.7 Å². The summed E-state index contributed by atoms with van der Waals surface area (Å²) in [5, 5.41) is 33.8. The molecular formula is C19H29N3O6. The van der Waals surface area contributed by atoms with Gasteiger partial charge in [0.2, 0.25) is 17.7 Å². The largest absolute Gasteiger partial charge is 0.508 e. The zero-order chi connectivity index (χ0) is 20.9. The van der Waals surface area contributed by atoms with Crippen LogP contribution >= 0.6 is 0 Å². The van der Waals surface area contributed by atoms with Crippen molar-refractivity contribution in [3.8, 4) is 5.75 Å². The highest BCUT2D eigenvalue weighted by Crippen LogP contribution is 2.11. The predicted octanol–water partition coefficient (Wildman–Crippen LogP) is -0.675. The van der Waals surface area contributed by atoms with Crippen LogP contribution < -0.4 is 16.4 Å². The van der Waals surface area contributed by atoms with E-state index >= 15 is 0 Å². The molecule has 0 saturated heterocycles. The van der Waals surface area contributed by atoms with E-state index in [1.54, 1.807) is 24.3 Å². The van der Waals surface area contributed by atoms with Gasteiger partial charge >= 0.3 is 0 Å². The van der Waals surface area contributed by atoms with Crippen LogP contribution in [-0.4, -0.2) is 58.3 Å². The fourth-order valence-corrected chi connectivity index (χ4v) is 2.37. The van der Waals surface area contributed by atoms with Crippen LogP contribution in [0.2, 0.25) is 0 Å². The number of hydrogen-bond acceptors (Lipinski definition) is 6. The molecule has 0 aliphatic carbocycles. The lowest BCUT2D eigenvalue weighted by Gasteiger charge is -2.13. The second-order valence-corrected chi connectivity index (χ2v) is 6.63. The number of primary amides is 1. The zero-order valence-electron chi connectivity index (χ0n) is 15.8. The SMILES string of the molecule is NC(=O)CCC(O)CNC(=O)CCC(O)CNC(=O)CCc1ccc(O)cc1. The molecule has 3 amide bonds. The van der Waals surface area contributed by atoms with E-state index in [2.05, 4.69) is 10.6 Å². The number of rotatable bonds is 13. The highest BCUT2D eigenvalue weighted by Gasteiger charge is 2.12. The lowest BCUT2D eigenvalue weighted by atomic mass is 10.1. The molecule has 7 N–H and O–H groups in total. The van der Waals surface area contributed by atoms with E-state index < -0.39 is 18.1 Å². The molecule has 156 valence electrons. The van der Waals surface area contributed by atoms with Gasteiger partial charge in [-0.2, -0.15) is 0 Å². The summed E-state index contributed by atoms with van der Waals surface area (Å²) in [5.74, 6) is -0.899. The van der Waals surface area contributed by atoms with Crippen LogP contribution in [0.15, 0.2) is 24.3 Å². The van der Waals surface area contributed by atoms with Crippen LogP contribution in [0, 0.1) is 0 Å². The van der Waals surface area contributed by atoms with Crippen molar-refractivity contribution in [3.63, 3.8) is 0 Å². The molecule has 9 heteroatoms. The molecule has 2 atom stereocenters. The zero-order valence-corrected chi connectivity index (χ0v) is 15.8. The predicted molar refractivity (Wildman–Crippen MR) is 102 cm³/mol. The second-order valence-electron chi connectivity index (χ2n) is 6.63. The first-order valence-corrected chi connectivity index (χ1v) is 9.22. The first-order valence-electron chi connectivity index (χ1n) is 9.22. The third kappa shape index (κ3) is 11.1. The van der Waals surface area contributed by atoms with Gasteiger partial charge in [0.05, 0.1) is 12.2 Å². The molecule has 1 aromatic rings. The maximum Gasteiger partial charge on any atom is 0.220 e. The van der Waals surface area contributed by atoms with Crippen LogP contribution in [0.4, 0.5) is 0 Å². The number of nitrogens with two attached hydrogens (primary N) is 1. The normalized spacial score (nSPS) is 12.8. The molecule has 0 aliphatic heterocycles. The van der Waals surface area contributed by atoms with Crippen LogP contribution in [-0.2, 0) is 20.8 Å². The van der Waals surface area contributed by atoms with Crippen LogP contribution in [0.5, 0.6) is 5.75 Å². The number of amides is 3. The molecular weight excluding hydrogens is 366 g/mol. The third-order valence-electron chi connectivity index (χ3n) is 4.08. The van der Waals surface area contributed by atoms with Crippen molar-refractivity contribution in [1.82, 2.24) is 10.6 Å². The van der Waals surface area contributed by atoms with Crippen LogP contribution in [0.1, 0.15) is 37.7 Å². The fraction of sp³-hybridized carbons (Fsp3) is 0.526. The minimum Gasteiger partial charge on any atom is -0.508 e. The van der Waals surface area contributed by atoms with Crippen molar-refractivity contribution in [2.75, 3.05) is 13.1 Å². The van der Waals surface area contributed by atoms with Gasteiger partial charge in [0, 0.05) is 32.4 Å². The molecule has 28 heavy (non-hydrogen) atoms. The van der Waals surface area contributed by atoms with Gasteiger partial charge in [-0.15, -0.1) is 0 Å². The van der Waals surface area contributed by atoms with Gasteiger partial charge in [0.1, 0.15) is 5.75 Å². The summed E-state index contributed by atoms with van der Waals surface area (Å²) in [6.07, 6.45) is -0.507. The number of benzene rings is 1. The Balaban J connectivity index is 2.12. The standard InChI is InChI=1S/C19H29N3O6/c20-17(26)8-6-15(24)11-22-19(28)10-7-16(25)12-21-18(27)9-3-13-1-4-14(23)5-2-13/h1-2,4-5,15-16,23-25H,3,6-12H2,(H2,20,26)(H,21,27)(H,22,28). The summed E-state index contributed by atoms with van der Waals surface area (Å²) in [7, 11) is 0. The van der Waals surface area contributed by atoms with Gasteiger partial charge in [-0.3, -0.25) is 14.4 Å². The number of carbonyl (C=O) groups is 3. The maximum atomic E-state index is 11.8. The van der Waals surface area contributed by atoms with Gasteiger partial charge in [0.25, 0.3) is 0 Å². The lowest BCUT2D eigenvalue weighted by molar-refractivity contribution is -0.122. The summed E-state index contributed by atoms with van der Waals surface area (Å²) in [4.78, 5) is 34.1. The quantitative estimate of drug-likeness (QED) is 0.259. The highest BCUT2D eigenvalue weighted by atomic mass is 16.3. The number of aliphatic hydroxyl groups excluding tert-OH is 2. The van der Waals surface area contributed by atoms with E-state index in [4.69, 9.17) is 5.73 Å². The molecule has 0 fully saturated rings. The van der Waals surface area contributed by atoms with E-state index in [9.17, 15) is 29.7 Å². The number of hydrogen-bond donors (Lipinski definition) is 6.